The van der Waals surface area contributed by atoms with Crippen molar-refractivity contribution in [3.05, 3.63) is 74.8 Å². The number of nitro benzene ring substituents is 1. The number of rotatable bonds is 5. The molecular formula is C18H19N3O3. The van der Waals surface area contributed by atoms with Gasteiger partial charge in [0.05, 0.1) is 17.1 Å². The number of nitrogens with zero attached hydrogens (tertiary/aromatic N) is 2. The zero-order valence-electron chi connectivity index (χ0n) is 13.9. The molecule has 1 N–H and O–H groups in total. The SMILES string of the molecule is CC(=NNC(=O)Cc1ccc(C)c(C)c1)c1cccc([N+](=O)[O-])c1. The fourth-order valence-corrected chi connectivity index (χ4v) is 2.19. The van der Waals surface area contributed by atoms with E-state index in [-0.39, 0.29) is 18.0 Å². The minimum Gasteiger partial charge on any atom is -0.273 e. The molecule has 0 aromatic heterocycles. The molecular weight excluding hydrogens is 306 g/mol. The first-order chi connectivity index (χ1) is 11.4. The van der Waals surface area contributed by atoms with Crippen molar-refractivity contribution in [2.24, 2.45) is 5.10 Å². The molecule has 0 aliphatic carbocycles. The molecule has 2 aromatic carbocycles. The van der Waals surface area contributed by atoms with Crippen LogP contribution in [0.15, 0.2) is 47.6 Å². The van der Waals surface area contributed by atoms with E-state index in [2.05, 4.69) is 10.5 Å². The van der Waals surface area contributed by atoms with Gasteiger partial charge in [0, 0.05) is 17.7 Å². The van der Waals surface area contributed by atoms with Crippen LogP contribution in [0.1, 0.15) is 29.2 Å². The molecule has 0 bridgehead atoms. The maximum Gasteiger partial charge on any atom is 0.270 e. The molecule has 0 heterocycles. The number of aryl methyl sites for hydroxylation is 2. The summed E-state index contributed by atoms with van der Waals surface area (Å²) in [5.41, 5.74) is 6.81. The first kappa shape index (κ1) is 17.3. The molecule has 0 aliphatic rings. The minimum absolute atomic E-state index is 0.0106. The summed E-state index contributed by atoms with van der Waals surface area (Å²) in [7, 11) is 0. The monoisotopic (exact) mass is 325 g/mol. The Balaban J connectivity index is 2.03. The first-order valence-electron chi connectivity index (χ1n) is 7.51. The van der Waals surface area contributed by atoms with Gasteiger partial charge in [-0.25, -0.2) is 5.43 Å². The van der Waals surface area contributed by atoms with Crippen LogP contribution < -0.4 is 5.43 Å². The Labute approximate surface area is 140 Å². The van der Waals surface area contributed by atoms with Crippen LogP contribution in [0.5, 0.6) is 0 Å². The van der Waals surface area contributed by atoms with Crippen molar-refractivity contribution in [3.8, 4) is 0 Å². The number of non-ortho nitro benzene ring substituents is 1. The third-order valence-electron chi connectivity index (χ3n) is 3.76. The van der Waals surface area contributed by atoms with Crippen LogP contribution in [0.3, 0.4) is 0 Å². The fraction of sp³-hybridized carbons (Fsp3) is 0.222. The maximum absolute atomic E-state index is 12.0. The number of amides is 1. The first-order valence-corrected chi connectivity index (χ1v) is 7.51. The molecule has 0 aliphatic heterocycles. The van der Waals surface area contributed by atoms with Gasteiger partial charge in [-0.15, -0.1) is 0 Å². The third kappa shape index (κ3) is 4.49. The normalized spacial score (nSPS) is 11.2. The van der Waals surface area contributed by atoms with E-state index in [0.717, 1.165) is 11.1 Å². The molecule has 0 saturated carbocycles. The highest BCUT2D eigenvalue weighted by Gasteiger charge is 2.08. The maximum atomic E-state index is 12.0. The lowest BCUT2D eigenvalue weighted by molar-refractivity contribution is -0.384. The summed E-state index contributed by atoms with van der Waals surface area (Å²) in [4.78, 5) is 22.3. The molecule has 0 unspecified atom stereocenters. The van der Waals surface area contributed by atoms with Gasteiger partial charge in [0.15, 0.2) is 0 Å². The van der Waals surface area contributed by atoms with Gasteiger partial charge in [0.2, 0.25) is 5.91 Å². The number of carbonyl (C=O) groups is 1. The van der Waals surface area contributed by atoms with Crippen molar-refractivity contribution in [1.29, 1.82) is 0 Å². The van der Waals surface area contributed by atoms with Crippen molar-refractivity contribution in [2.45, 2.75) is 27.2 Å². The number of benzene rings is 2. The van der Waals surface area contributed by atoms with E-state index in [1.807, 2.05) is 32.0 Å². The lowest BCUT2D eigenvalue weighted by Crippen LogP contribution is -2.21. The molecule has 0 atom stereocenters. The number of hydrogen-bond acceptors (Lipinski definition) is 4. The van der Waals surface area contributed by atoms with Crippen LogP contribution >= 0.6 is 0 Å². The Hall–Kier alpha value is -3.02. The second-order valence-electron chi connectivity index (χ2n) is 5.64. The van der Waals surface area contributed by atoms with Crippen molar-refractivity contribution >= 4 is 17.3 Å². The van der Waals surface area contributed by atoms with Crippen LogP contribution in [0.4, 0.5) is 5.69 Å². The Kier molecular flexibility index (Phi) is 5.42. The molecule has 6 nitrogen and oxygen atoms in total. The summed E-state index contributed by atoms with van der Waals surface area (Å²) in [6.45, 7) is 5.71. The number of nitrogens with one attached hydrogen (secondary N) is 1. The van der Waals surface area contributed by atoms with Crippen LogP contribution in [0.2, 0.25) is 0 Å². The molecule has 2 rings (SSSR count). The molecule has 124 valence electrons. The van der Waals surface area contributed by atoms with Gasteiger partial charge < -0.3 is 0 Å². The number of hydrogen-bond donors (Lipinski definition) is 1. The number of carbonyl (C=O) groups excluding carboxylic acids is 1. The molecule has 2 aromatic rings. The second-order valence-corrected chi connectivity index (χ2v) is 5.64. The van der Waals surface area contributed by atoms with E-state index in [4.69, 9.17) is 0 Å². The van der Waals surface area contributed by atoms with Crippen LogP contribution in [0, 0.1) is 24.0 Å². The summed E-state index contributed by atoms with van der Waals surface area (Å²) in [6.07, 6.45) is 0.229. The molecule has 0 spiro atoms. The Morgan fingerprint density at radius 3 is 2.58 bits per heavy atom. The van der Waals surface area contributed by atoms with Crippen molar-refractivity contribution < 1.29 is 9.72 Å². The van der Waals surface area contributed by atoms with E-state index in [0.29, 0.717) is 11.3 Å². The zero-order chi connectivity index (χ0) is 17.7. The van der Waals surface area contributed by atoms with Crippen LogP contribution in [0.25, 0.3) is 0 Å². The molecule has 6 heteroatoms. The summed E-state index contributed by atoms with van der Waals surface area (Å²) >= 11 is 0. The molecule has 1 amide bonds. The number of hydrazone groups is 1. The second kappa shape index (κ2) is 7.50. The molecule has 0 fully saturated rings. The molecule has 0 saturated heterocycles. The van der Waals surface area contributed by atoms with Gasteiger partial charge in [-0.2, -0.15) is 5.10 Å². The van der Waals surface area contributed by atoms with E-state index < -0.39 is 4.92 Å². The van der Waals surface area contributed by atoms with Gasteiger partial charge in [-0.3, -0.25) is 14.9 Å². The fourth-order valence-electron chi connectivity index (χ4n) is 2.19. The predicted molar refractivity (Wildman–Crippen MR) is 93.1 cm³/mol. The average molecular weight is 325 g/mol. The van der Waals surface area contributed by atoms with Crippen LogP contribution in [-0.2, 0) is 11.2 Å². The highest BCUT2D eigenvalue weighted by molar-refractivity contribution is 5.99. The summed E-state index contributed by atoms with van der Waals surface area (Å²) in [6, 6.07) is 12.0. The highest BCUT2D eigenvalue weighted by Crippen LogP contribution is 2.14. The highest BCUT2D eigenvalue weighted by atomic mass is 16.6. The van der Waals surface area contributed by atoms with E-state index >= 15 is 0 Å². The van der Waals surface area contributed by atoms with Gasteiger partial charge in [0.25, 0.3) is 5.69 Å². The summed E-state index contributed by atoms with van der Waals surface area (Å²) in [5.74, 6) is -0.233. The lowest BCUT2D eigenvalue weighted by atomic mass is 10.0. The van der Waals surface area contributed by atoms with Gasteiger partial charge in [-0.05, 0) is 37.5 Å². The van der Waals surface area contributed by atoms with Crippen molar-refractivity contribution in [1.82, 2.24) is 5.43 Å². The van der Waals surface area contributed by atoms with E-state index in [1.54, 1.807) is 19.1 Å². The lowest BCUT2D eigenvalue weighted by Gasteiger charge is -2.05. The summed E-state index contributed by atoms with van der Waals surface area (Å²) in [5, 5.41) is 14.8. The topological polar surface area (TPSA) is 84.6 Å². The standard InChI is InChI=1S/C18H19N3O3/c1-12-7-8-15(9-13(12)2)10-18(22)20-19-14(3)16-5-4-6-17(11-16)21(23)24/h4-9,11H,10H2,1-3H3,(H,20,22). The Morgan fingerprint density at radius 2 is 1.92 bits per heavy atom. The average Bonchev–Trinajstić information content (AvgIpc) is 2.56. The van der Waals surface area contributed by atoms with Crippen molar-refractivity contribution in [3.63, 3.8) is 0 Å². The zero-order valence-corrected chi connectivity index (χ0v) is 13.9. The summed E-state index contributed by atoms with van der Waals surface area (Å²) < 4.78 is 0. The predicted octanol–water partition coefficient (Wildman–Crippen LogP) is 3.29. The van der Waals surface area contributed by atoms with Gasteiger partial charge >= 0.3 is 0 Å². The van der Waals surface area contributed by atoms with E-state index in [1.165, 1.54) is 17.7 Å². The number of nitro groups is 1. The third-order valence-corrected chi connectivity index (χ3v) is 3.76. The molecule has 24 heavy (non-hydrogen) atoms. The van der Waals surface area contributed by atoms with Crippen molar-refractivity contribution in [2.75, 3.05) is 0 Å². The minimum atomic E-state index is -0.463. The molecule has 0 radical (unpaired) electrons. The smallest absolute Gasteiger partial charge is 0.270 e. The quantitative estimate of drug-likeness (QED) is 0.520. The van der Waals surface area contributed by atoms with E-state index in [9.17, 15) is 14.9 Å². The van der Waals surface area contributed by atoms with Gasteiger partial charge in [0.1, 0.15) is 0 Å². The van der Waals surface area contributed by atoms with Crippen LogP contribution in [-0.4, -0.2) is 16.5 Å². The van der Waals surface area contributed by atoms with Gasteiger partial charge in [-0.1, -0.05) is 30.3 Å². The Bertz CT molecular complexity index is 813. The Morgan fingerprint density at radius 1 is 1.17 bits per heavy atom. The largest absolute Gasteiger partial charge is 0.273 e.